The van der Waals surface area contributed by atoms with Gasteiger partial charge >= 0.3 is 0 Å². The Balaban J connectivity index is 1.26. The van der Waals surface area contributed by atoms with Crippen LogP contribution in [0.2, 0.25) is 0 Å². The topological polar surface area (TPSA) is 50.9 Å². The van der Waals surface area contributed by atoms with Gasteiger partial charge in [-0.25, -0.2) is 4.98 Å². The molecule has 0 aliphatic rings. The van der Waals surface area contributed by atoms with Crippen LogP contribution >= 0.6 is 0 Å². The van der Waals surface area contributed by atoms with Gasteiger partial charge in [0.15, 0.2) is 0 Å². The lowest BCUT2D eigenvalue weighted by Gasteiger charge is -2.22. The summed E-state index contributed by atoms with van der Waals surface area (Å²) in [5, 5.41) is 12.1. The highest BCUT2D eigenvalue weighted by atomic mass is 16.3. The Morgan fingerprint density at radius 1 is 0.569 bits per heavy atom. The second kappa shape index (κ2) is 17.2. The van der Waals surface area contributed by atoms with E-state index in [9.17, 15) is 5.11 Å². The summed E-state index contributed by atoms with van der Waals surface area (Å²) >= 11 is 0. The van der Waals surface area contributed by atoms with Crippen LogP contribution in [-0.2, 0) is 17.3 Å². The normalized spacial score (nSPS) is 14.7. The summed E-state index contributed by atoms with van der Waals surface area (Å²) in [6.07, 6.45) is 2.59. The van der Waals surface area contributed by atoms with E-state index in [4.69, 9.17) is 22.3 Å². The number of imidazole rings is 1. The largest absolute Gasteiger partial charge is 0.507 e. The second-order valence-electron chi connectivity index (χ2n) is 18.6. The second-order valence-corrected chi connectivity index (χ2v) is 18.6. The van der Waals surface area contributed by atoms with E-state index in [0.29, 0.717) is 34.1 Å². The van der Waals surface area contributed by atoms with E-state index in [1.54, 1.807) is 24.4 Å². The van der Waals surface area contributed by atoms with Crippen LogP contribution in [0.15, 0.2) is 170 Å². The molecule has 0 atom stereocenters. The van der Waals surface area contributed by atoms with Crippen molar-refractivity contribution in [1.82, 2.24) is 14.5 Å². The number of aromatic hydroxyl groups is 1. The van der Waals surface area contributed by atoms with Crippen molar-refractivity contribution in [2.45, 2.75) is 79.3 Å². The van der Waals surface area contributed by atoms with Crippen LogP contribution in [0.3, 0.4) is 0 Å². The Labute approximate surface area is 398 Å². The third-order valence-corrected chi connectivity index (χ3v) is 12.2. The van der Waals surface area contributed by atoms with Gasteiger partial charge in [-0.15, -0.1) is 0 Å². The zero-order valence-electron chi connectivity index (χ0n) is 46.7. The average molecular weight is 859 g/mol. The Kier molecular flexibility index (Phi) is 8.83. The van der Waals surface area contributed by atoms with Crippen molar-refractivity contribution in [3.8, 4) is 78.6 Å². The molecule has 0 saturated heterocycles. The first-order valence-electron chi connectivity index (χ1n) is 26.7. The number of phenols is 1. The van der Waals surface area contributed by atoms with Crippen molar-refractivity contribution in [3.05, 3.63) is 192 Å². The fourth-order valence-electron chi connectivity index (χ4n) is 8.77. The standard InChI is InChI=1S/C61H59N3O/c1-39(2)31-41-23-28-55(52(33-41)44-19-14-11-15-20-44)64-56-22-16-21-51(57(56)63-59(64)53-38-50(61(7,8)9)32-40(3)58(53)65)47-34-46(42-17-12-10-13-18-42)35-48(36-47)54-37-45(29-30-62-54)43-24-26-49(27-25-43)60(4,5)6/h10-30,32-39,65H,31H2,1-9H3/i4D3,5D3,6D3. The maximum atomic E-state index is 12.1. The molecule has 0 amide bonds. The number of aryl methyl sites for hydroxylation is 1. The van der Waals surface area contributed by atoms with Crippen molar-refractivity contribution >= 4 is 11.0 Å². The highest BCUT2D eigenvalue weighted by Crippen LogP contribution is 2.44. The minimum atomic E-state index is -3.37. The molecule has 0 unspecified atom stereocenters. The van der Waals surface area contributed by atoms with Gasteiger partial charge in [0.2, 0.25) is 0 Å². The molecule has 2 heterocycles. The van der Waals surface area contributed by atoms with Gasteiger partial charge in [-0.05, 0) is 140 Å². The SMILES string of the molecule is [2H]C([2H])([2H])C(c1ccc(-c2ccnc(-c3cc(-c4ccccc4)cc(-c4cccc5c4nc(-c4cc(C(C)(C)C)cc(C)c4O)n5-c4ccc(CC(C)C)cc4-c4ccccc4)c3)c2)cc1)(C([2H])([2H])[2H])C([2H])([2H])[2H]. The summed E-state index contributed by atoms with van der Waals surface area (Å²) in [7, 11) is 0. The Morgan fingerprint density at radius 2 is 1.25 bits per heavy atom. The lowest BCUT2D eigenvalue weighted by molar-refractivity contribution is 0.471. The number of para-hydroxylation sites is 1. The van der Waals surface area contributed by atoms with Gasteiger partial charge in [0.05, 0.1) is 28.0 Å². The van der Waals surface area contributed by atoms with Crippen molar-refractivity contribution in [2.24, 2.45) is 5.92 Å². The van der Waals surface area contributed by atoms with Crippen LogP contribution in [0, 0.1) is 12.8 Å². The van der Waals surface area contributed by atoms with Gasteiger partial charge in [0, 0.05) is 35.2 Å². The van der Waals surface area contributed by atoms with E-state index in [1.807, 2.05) is 49.4 Å². The first-order chi connectivity index (χ1) is 34.9. The van der Waals surface area contributed by atoms with Crippen molar-refractivity contribution in [1.29, 1.82) is 0 Å². The van der Waals surface area contributed by atoms with Crippen LogP contribution in [0.5, 0.6) is 5.75 Å². The number of nitrogens with zero attached hydrogens (tertiary/aromatic N) is 3. The highest BCUT2D eigenvalue weighted by Gasteiger charge is 2.26. The molecule has 0 radical (unpaired) electrons. The van der Waals surface area contributed by atoms with Gasteiger partial charge in [0.1, 0.15) is 11.6 Å². The molecule has 0 aliphatic carbocycles. The molecule has 1 N–H and O–H groups in total. The zero-order valence-corrected chi connectivity index (χ0v) is 37.7. The number of benzene rings is 7. The monoisotopic (exact) mass is 859 g/mol. The smallest absolute Gasteiger partial charge is 0.149 e. The third kappa shape index (κ3) is 8.78. The molecule has 9 rings (SSSR count). The molecular weight excluding hydrogens is 791 g/mol. The first kappa shape index (κ1) is 33.5. The van der Waals surface area contributed by atoms with E-state index < -0.39 is 26.0 Å². The maximum absolute atomic E-state index is 12.1. The molecule has 0 bridgehead atoms. The van der Waals surface area contributed by atoms with E-state index in [1.165, 1.54) is 17.7 Å². The Hall–Kier alpha value is -7.04. The molecule has 4 nitrogen and oxygen atoms in total. The summed E-state index contributed by atoms with van der Waals surface area (Å²) in [5.74, 6) is 1.21. The van der Waals surface area contributed by atoms with Crippen molar-refractivity contribution < 1.29 is 17.4 Å². The van der Waals surface area contributed by atoms with Gasteiger partial charge in [-0.3, -0.25) is 9.55 Å². The van der Waals surface area contributed by atoms with Gasteiger partial charge in [-0.1, -0.05) is 164 Å². The third-order valence-electron chi connectivity index (χ3n) is 12.2. The van der Waals surface area contributed by atoms with E-state index in [-0.39, 0.29) is 16.7 Å². The van der Waals surface area contributed by atoms with Crippen LogP contribution in [0.4, 0.5) is 0 Å². The summed E-state index contributed by atoms with van der Waals surface area (Å²) < 4.78 is 76.2. The number of aromatic nitrogens is 3. The number of fused-ring (bicyclic) bond motifs is 1. The highest BCUT2D eigenvalue weighted by molar-refractivity contribution is 5.98. The van der Waals surface area contributed by atoms with E-state index in [2.05, 4.69) is 130 Å². The van der Waals surface area contributed by atoms with E-state index in [0.717, 1.165) is 73.2 Å². The average Bonchev–Trinajstić information content (AvgIpc) is 3.73. The van der Waals surface area contributed by atoms with Gasteiger partial charge in [0.25, 0.3) is 0 Å². The summed E-state index contributed by atoms with van der Waals surface area (Å²) in [4.78, 5) is 10.4. The van der Waals surface area contributed by atoms with Gasteiger partial charge in [-0.2, -0.15) is 0 Å². The summed E-state index contributed by atoms with van der Waals surface area (Å²) in [5.41, 5.74) is 11.0. The lowest BCUT2D eigenvalue weighted by Crippen LogP contribution is -2.12. The quantitative estimate of drug-likeness (QED) is 0.157. The predicted molar refractivity (Wildman–Crippen MR) is 274 cm³/mol. The molecule has 2 aromatic heterocycles. The molecular formula is C61H59N3O. The fourth-order valence-corrected chi connectivity index (χ4v) is 8.77. The number of hydrogen-bond donors (Lipinski definition) is 1. The molecule has 0 saturated carbocycles. The van der Waals surface area contributed by atoms with Crippen molar-refractivity contribution in [2.75, 3.05) is 0 Å². The fraction of sp³-hybridized carbons (Fsp3) is 0.213. The molecule has 7 aromatic carbocycles. The number of rotatable bonds is 9. The molecule has 0 spiro atoms. The minimum absolute atomic E-state index is 0.161. The maximum Gasteiger partial charge on any atom is 0.149 e. The van der Waals surface area contributed by atoms with Crippen LogP contribution in [-0.4, -0.2) is 19.6 Å². The Morgan fingerprint density at radius 3 is 1.94 bits per heavy atom. The van der Waals surface area contributed by atoms with Gasteiger partial charge < -0.3 is 5.11 Å². The summed E-state index contributed by atoms with van der Waals surface area (Å²) in [6.45, 7) is 2.76. The molecule has 324 valence electrons. The number of phenolic OH excluding ortho intramolecular Hbond substituents is 1. The molecule has 4 heteroatoms. The molecule has 65 heavy (non-hydrogen) atoms. The van der Waals surface area contributed by atoms with Crippen LogP contribution in [0.25, 0.3) is 83.9 Å². The van der Waals surface area contributed by atoms with E-state index >= 15 is 0 Å². The first-order valence-corrected chi connectivity index (χ1v) is 22.2. The molecule has 0 aliphatic heterocycles. The molecule has 9 aromatic rings. The predicted octanol–water partition coefficient (Wildman–Crippen LogP) is 16.2. The van der Waals surface area contributed by atoms with Crippen LogP contribution in [0.1, 0.15) is 89.8 Å². The van der Waals surface area contributed by atoms with Crippen molar-refractivity contribution in [3.63, 3.8) is 0 Å². The Bertz CT molecular complexity index is 3480. The number of pyridine rings is 1. The van der Waals surface area contributed by atoms with Crippen LogP contribution < -0.4 is 0 Å². The summed E-state index contributed by atoms with van der Waals surface area (Å²) in [6, 6.07) is 53.2. The minimum Gasteiger partial charge on any atom is -0.507 e. The molecule has 0 fully saturated rings. The lowest BCUT2D eigenvalue weighted by atomic mass is 9.84. The number of hydrogen-bond acceptors (Lipinski definition) is 3. The zero-order chi connectivity index (χ0) is 53.1.